The predicted octanol–water partition coefficient (Wildman–Crippen LogP) is 2.39. The van der Waals surface area contributed by atoms with E-state index < -0.39 is 0 Å². The van der Waals surface area contributed by atoms with Gasteiger partial charge < -0.3 is 10.6 Å². The Morgan fingerprint density at radius 2 is 1.96 bits per heavy atom. The molecule has 8 heteroatoms. The third-order valence-corrected chi connectivity index (χ3v) is 3.89. The molecular formula is C18H19ClN6O. The zero-order valence-electron chi connectivity index (χ0n) is 14.3. The minimum atomic E-state index is -0.0375. The highest BCUT2D eigenvalue weighted by Crippen LogP contribution is 2.10. The number of carbonyl (C=O) groups excluding carboxylic acids is 1. The number of nitrogens with one attached hydrogen (secondary N) is 2. The van der Waals surface area contributed by atoms with Crippen LogP contribution >= 0.6 is 11.6 Å². The number of anilines is 1. The van der Waals surface area contributed by atoms with Gasteiger partial charge in [-0.25, -0.2) is 14.6 Å². The molecule has 3 aromatic rings. The van der Waals surface area contributed by atoms with E-state index in [1.165, 1.54) is 6.33 Å². The van der Waals surface area contributed by atoms with Crippen LogP contribution in [0.1, 0.15) is 11.3 Å². The molecule has 2 N–H and O–H groups in total. The van der Waals surface area contributed by atoms with Gasteiger partial charge in [-0.05, 0) is 30.7 Å². The molecule has 0 saturated carbocycles. The quantitative estimate of drug-likeness (QED) is 0.624. The Labute approximate surface area is 156 Å². The van der Waals surface area contributed by atoms with Crippen LogP contribution < -0.4 is 10.6 Å². The van der Waals surface area contributed by atoms with E-state index in [-0.39, 0.29) is 5.91 Å². The standard InChI is InChI=1S/C18H19ClN6O/c1-13-6-9-25(24-13)17-11-16(22-12-23-17)20-7-8-21-18(26)10-14-2-4-15(19)5-3-14/h2-6,9,11-12H,7-8,10H2,1H3,(H,21,26)(H,20,22,23). The summed E-state index contributed by atoms with van der Waals surface area (Å²) in [6.07, 6.45) is 3.65. The largest absolute Gasteiger partial charge is 0.368 e. The molecule has 0 fully saturated rings. The van der Waals surface area contributed by atoms with Gasteiger partial charge in [-0.2, -0.15) is 5.10 Å². The Bertz CT molecular complexity index is 877. The van der Waals surface area contributed by atoms with Crippen LogP contribution in [-0.2, 0) is 11.2 Å². The lowest BCUT2D eigenvalue weighted by Gasteiger charge is -2.08. The van der Waals surface area contributed by atoms with Gasteiger partial charge >= 0.3 is 0 Å². The van der Waals surface area contributed by atoms with Crippen molar-refractivity contribution in [3.05, 3.63) is 65.2 Å². The van der Waals surface area contributed by atoms with E-state index in [0.717, 1.165) is 11.3 Å². The molecule has 26 heavy (non-hydrogen) atoms. The Balaban J connectivity index is 1.45. The Hall–Kier alpha value is -2.93. The van der Waals surface area contributed by atoms with Gasteiger partial charge in [0.1, 0.15) is 12.1 Å². The first-order chi connectivity index (χ1) is 12.6. The number of carbonyl (C=O) groups is 1. The van der Waals surface area contributed by atoms with Crippen molar-refractivity contribution in [1.82, 2.24) is 25.1 Å². The van der Waals surface area contributed by atoms with Gasteiger partial charge in [0, 0.05) is 30.4 Å². The summed E-state index contributed by atoms with van der Waals surface area (Å²) >= 11 is 5.84. The molecule has 0 atom stereocenters. The topological polar surface area (TPSA) is 84.7 Å². The van der Waals surface area contributed by atoms with E-state index in [2.05, 4.69) is 25.7 Å². The van der Waals surface area contributed by atoms with Gasteiger partial charge in [-0.3, -0.25) is 4.79 Å². The van der Waals surface area contributed by atoms with Gasteiger partial charge in [0.2, 0.25) is 5.91 Å². The zero-order valence-corrected chi connectivity index (χ0v) is 15.1. The smallest absolute Gasteiger partial charge is 0.224 e. The van der Waals surface area contributed by atoms with Crippen LogP contribution in [0.2, 0.25) is 5.02 Å². The minimum Gasteiger partial charge on any atom is -0.368 e. The highest BCUT2D eigenvalue weighted by atomic mass is 35.5. The van der Waals surface area contributed by atoms with Gasteiger partial charge in [0.15, 0.2) is 5.82 Å². The van der Waals surface area contributed by atoms with Crippen LogP contribution in [0.15, 0.2) is 48.9 Å². The summed E-state index contributed by atoms with van der Waals surface area (Å²) in [5.41, 5.74) is 1.84. The van der Waals surface area contributed by atoms with Gasteiger partial charge in [0.25, 0.3) is 0 Å². The van der Waals surface area contributed by atoms with Gasteiger partial charge in [-0.15, -0.1) is 0 Å². The highest BCUT2D eigenvalue weighted by Gasteiger charge is 2.04. The SMILES string of the molecule is Cc1ccn(-c2cc(NCCNC(=O)Cc3ccc(Cl)cc3)ncn2)n1. The molecule has 2 aromatic heterocycles. The maximum Gasteiger partial charge on any atom is 0.224 e. The number of hydrogen-bond donors (Lipinski definition) is 2. The second kappa shape index (κ2) is 8.44. The van der Waals surface area contributed by atoms with E-state index in [1.54, 1.807) is 16.8 Å². The molecule has 0 aliphatic heterocycles. The highest BCUT2D eigenvalue weighted by molar-refractivity contribution is 6.30. The number of amides is 1. The molecule has 0 spiro atoms. The van der Waals surface area contributed by atoms with Crippen molar-refractivity contribution in [2.75, 3.05) is 18.4 Å². The molecule has 0 bridgehead atoms. The van der Waals surface area contributed by atoms with Crippen LogP contribution in [0.5, 0.6) is 0 Å². The average Bonchev–Trinajstić information content (AvgIpc) is 3.07. The molecule has 0 unspecified atom stereocenters. The third kappa shape index (κ3) is 5.03. The summed E-state index contributed by atoms with van der Waals surface area (Å²) in [6, 6.07) is 11.0. The van der Waals surface area contributed by atoms with Crippen LogP contribution in [-0.4, -0.2) is 38.7 Å². The van der Waals surface area contributed by atoms with Crippen LogP contribution in [0.4, 0.5) is 5.82 Å². The van der Waals surface area contributed by atoms with Crippen molar-refractivity contribution in [1.29, 1.82) is 0 Å². The van der Waals surface area contributed by atoms with Crippen molar-refractivity contribution in [3.63, 3.8) is 0 Å². The number of aryl methyl sites for hydroxylation is 1. The van der Waals surface area contributed by atoms with Crippen molar-refractivity contribution in [3.8, 4) is 5.82 Å². The van der Waals surface area contributed by atoms with E-state index >= 15 is 0 Å². The molecule has 2 heterocycles. The molecule has 0 radical (unpaired) electrons. The molecule has 0 aliphatic carbocycles. The molecule has 7 nitrogen and oxygen atoms in total. The number of hydrogen-bond acceptors (Lipinski definition) is 5. The van der Waals surface area contributed by atoms with E-state index in [4.69, 9.17) is 11.6 Å². The summed E-state index contributed by atoms with van der Waals surface area (Å²) in [7, 11) is 0. The molecule has 1 amide bonds. The summed E-state index contributed by atoms with van der Waals surface area (Å²) in [4.78, 5) is 20.3. The van der Waals surface area contributed by atoms with E-state index in [1.807, 2.05) is 37.4 Å². The van der Waals surface area contributed by atoms with E-state index in [9.17, 15) is 4.79 Å². The third-order valence-electron chi connectivity index (χ3n) is 3.64. The molecule has 0 saturated heterocycles. The number of halogens is 1. The van der Waals surface area contributed by atoms with Gasteiger partial charge in [-0.1, -0.05) is 23.7 Å². The second-order valence-corrected chi connectivity index (χ2v) is 6.18. The lowest BCUT2D eigenvalue weighted by atomic mass is 10.1. The fourth-order valence-corrected chi connectivity index (χ4v) is 2.48. The van der Waals surface area contributed by atoms with E-state index in [0.29, 0.717) is 36.2 Å². The minimum absolute atomic E-state index is 0.0375. The van der Waals surface area contributed by atoms with Crippen LogP contribution in [0, 0.1) is 6.92 Å². The molecule has 134 valence electrons. The summed E-state index contributed by atoms with van der Waals surface area (Å²) in [5.74, 6) is 1.32. The van der Waals surface area contributed by atoms with Crippen molar-refractivity contribution in [2.45, 2.75) is 13.3 Å². The van der Waals surface area contributed by atoms with Crippen molar-refractivity contribution >= 4 is 23.3 Å². The summed E-state index contributed by atoms with van der Waals surface area (Å²) in [6.45, 7) is 2.97. The summed E-state index contributed by atoms with van der Waals surface area (Å²) in [5, 5.41) is 11.0. The number of rotatable bonds is 7. The first kappa shape index (κ1) is 17.9. The fraction of sp³-hybridized carbons (Fsp3) is 0.222. The number of nitrogens with zero attached hydrogens (tertiary/aromatic N) is 4. The van der Waals surface area contributed by atoms with Crippen LogP contribution in [0.25, 0.3) is 5.82 Å². The maximum atomic E-state index is 11.9. The number of benzene rings is 1. The molecule has 0 aliphatic rings. The Morgan fingerprint density at radius 1 is 1.15 bits per heavy atom. The lowest BCUT2D eigenvalue weighted by Crippen LogP contribution is -2.30. The average molecular weight is 371 g/mol. The molecule has 3 rings (SSSR count). The fourth-order valence-electron chi connectivity index (χ4n) is 2.35. The maximum absolute atomic E-state index is 11.9. The predicted molar refractivity (Wildman–Crippen MR) is 101 cm³/mol. The van der Waals surface area contributed by atoms with Gasteiger partial charge in [0.05, 0.1) is 12.1 Å². The first-order valence-electron chi connectivity index (χ1n) is 8.20. The molecular weight excluding hydrogens is 352 g/mol. The normalized spacial score (nSPS) is 10.5. The zero-order chi connectivity index (χ0) is 18.4. The summed E-state index contributed by atoms with van der Waals surface area (Å²) < 4.78 is 1.69. The van der Waals surface area contributed by atoms with Crippen molar-refractivity contribution in [2.24, 2.45) is 0 Å². The first-order valence-corrected chi connectivity index (χ1v) is 8.58. The second-order valence-electron chi connectivity index (χ2n) is 5.74. The monoisotopic (exact) mass is 370 g/mol. The Morgan fingerprint density at radius 3 is 2.69 bits per heavy atom. The number of aromatic nitrogens is 4. The van der Waals surface area contributed by atoms with Crippen molar-refractivity contribution < 1.29 is 4.79 Å². The molecule has 1 aromatic carbocycles. The Kier molecular flexibility index (Phi) is 5.80. The van der Waals surface area contributed by atoms with Crippen LogP contribution in [0.3, 0.4) is 0 Å². The lowest BCUT2D eigenvalue weighted by molar-refractivity contribution is -0.120.